The third kappa shape index (κ3) is 6.40. The van der Waals surface area contributed by atoms with Crippen molar-refractivity contribution in [2.75, 3.05) is 5.32 Å². The van der Waals surface area contributed by atoms with Crippen LogP contribution >= 0.6 is 35.1 Å². The quantitative estimate of drug-likeness (QED) is 0.381. The Morgan fingerprint density at radius 1 is 0.758 bits per heavy atom. The summed E-state index contributed by atoms with van der Waals surface area (Å²) >= 11 is 8.47. The highest BCUT2D eigenvalue weighted by Gasteiger charge is 2.11. The molecule has 0 unspecified atom stereocenters. The molecule has 1 aromatic carbocycles. The number of nitriles is 2. The number of hydrogen-bond acceptors (Lipinski definition) is 10. The second-order valence-electron chi connectivity index (χ2n) is 6.40. The molecular weight excluding hydrogens is 476 g/mol. The minimum atomic E-state index is 0.396. The van der Waals surface area contributed by atoms with Gasteiger partial charge in [-0.1, -0.05) is 23.7 Å². The molecule has 0 saturated carbocycles. The summed E-state index contributed by atoms with van der Waals surface area (Å²) in [6.45, 7) is 0.500. The summed E-state index contributed by atoms with van der Waals surface area (Å²) in [6.07, 6.45) is 3.00. The average molecular weight is 489 g/mol. The molecule has 0 aliphatic rings. The maximum atomic E-state index is 8.96. The predicted molar refractivity (Wildman–Crippen MR) is 125 cm³/mol. The summed E-state index contributed by atoms with van der Waals surface area (Å²) < 4.78 is 0. The zero-order valence-electron chi connectivity index (χ0n) is 16.8. The molecule has 0 saturated heterocycles. The standard InChI is InChI=1S/C22H13ClN8S2/c23-17-5-1-14(2-6-17)11-28-20-29-21(32-18-7-3-15(9-24)12-26-18)31-22(30-20)33-19-8-4-16(10-25)13-27-19/h1-8,12-13H,11H2,(H,28,29,30,31). The first-order valence-corrected chi connectivity index (χ1v) is 11.4. The highest BCUT2D eigenvalue weighted by Crippen LogP contribution is 2.28. The number of benzene rings is 1. The SMILES string of the molecule is N#Cc1ccc(Sc2nc(NCc3ccc(Cl)cc3)nc(Sc3ccc(C#N)cn3)n2)nc1. The molecule has 4 rings (SSSR count). The molecule has 0 radical (unpaired) electrons. The average Bonchev–Trinajstić information content (AvgIpc) is 2.84. The van der Waals surface area contributed by atoms with Crippen LogP contribution in [-0.2, 0) is 6.54 Å². The molecule has 0 spiro atoms. The normalized spacial score (nSPS) is 10.3. The van der Waals surface area contributed by atoms with Gasteiger partial charge >= 0.3 is 0 Å². The molecule has 0 amide bonds. The van der Waals surface area contributed by atoms with Gasteiger partial charge in [0.2, 0.25) is 5.95 Å². The molecule has 1 N–H and O–H groups in total. The van der Waals surface area contributed by atoms with E-state index in [1.807, 2.05) is 36.4 Å². The van der Waals surface area contributed by atoms with Gasteiger partial charge in [0.25, 0.3) is 0 Å². The number of nitrogens with one attached hydrogen (secondary N) is 1. The van der Waals surface area contributed by atoms with E-state index in [-0.39, 0.29) is 0 Å². The summed E-state index contributed by atoms with van der Waals surface area (Å²) in [6, 6.07) is 18.4. The lowest BCUT2D eigenvalue weighted by atomic mass is 10.2. The van der Waals surface area contributed by atoms with Crippen molar-refractivity contribution >= 4 is 41.1 Å². The van der Waals surface area contributed by atoms with Crippen LogP contribution in [0.15, 0.2) is 81.3 Å². The number of anilines is 1. The van der Waals surface area contributed by atoms with Crippen LogP contribution in [0.1, 0.15) is 16.7 Å². The van der Waals surface area contributed by atoms with Crippen molar-refractivity contribution in [2.24, 2.45) is 0 Å². The number of nitrogens with zero attached hydrogens (tertiary/aromatic N) is 7. The van der Waals surface area contributed by atoms with Crippen molar-refractivity contribution in [3.8, 4) is 12.1 Å². The van der Waals surface area contributed by atoms with E-state index in [0.717, 1.165) is 5.56 Å². The van der Waals surface area contributed by atoms with Crippen molar-refractivity contribution in [1.29, 1.82) is 10.5 Å². The topological polar surface area (TPSA) is 124 Å². The summed E-state index contributed by atoms with van der Waals surface area (Å²) in [4.78, 5) is 22.0. The molecule has 0 aliphatic heterocycles. The fourth-order valence-electron chi connectivity index (χ4n) is 2.49. The molecule has 0 fully saturated rings. The van der Waals surface area contributed by atoms with Crippen molar-refractivity contribution < 1.29 is 0 Å². The summed E-state index contributed by atoms with van der Waals surface area (Å²) in [5.74, 6) is 0.396. The zero-order chi connectivity index (χ0) is 23.0. The minimum Gasteiger partial charge on any atom is -0.350 e. The number of pyridine rings is 2. The molecule has 8 nitrogen and oxygen atoms in total. The highest BCUT2D eigenvalue weighted by atomic mass is 35.5. The van der Waals surface area contributed by atoms with Gasteiger partial charge in [-0.05, 0) is 65.5 Å². The largest absolute Gasteiger partial charge is 0.350 e. The zero-order valence-corrected chi connectivity index (χ0v) is 19.2. The molecule has 0 atom stereocenters. The van der Waals surface area contributed by atoms with Gasteiger partial charge in [-0.3, -0.25) is 0 Å². The van der Waals surface area contributed by atoms with Gasteiger partial charge in [0.1, 0.15) is 22.2 Å². The molecule has 3 heterocycles. The lowest BCUT2D eigenvalue weighted by molar-refractivity contribution is 0.797. The van der Waals surface area contributed by atoms with E-state index in [1.54, 1.807) is 24.3 Å². The number of halogens is 1. The molecule has 0 bridgehead atoms. The Balaban J connectivity index is 1.58. The fraction of sp³-hybridized carbons (Fsp3) is 0.0455. The van der Waals surface area contributed by atoms with Crippen LogP contribution in [0, 0.1) is 22.7 Å². The molecule has 3 aromatic heterocycles. The van der Waals surface area contributed by atoms with E-state index < -0.39 is 0 Å². The van der Waals surface area contributed by atoms with Gasteiger partial charge < -0.3 is 5.32 Å². The molecule has 11 heteroatoms. The Kier molecular flexibility index (Phi) is 7.33. The van der Waals surface area contributed by atoms with Gasteiger partial charge in [0.05, 0.1) is 11.1 Å². The Labute approximate surface area is 203 Å². The first kappa shape index (κ1) is 22.5. The maximum Gasteiger partial charge on any atom is 0.227 e. The first-order chi connectivity index (χ1) is 16.1. The van der Waals surface area contributed by atoms with E-state index in [0.29, 0.717) is 49.0 Å². The predicted octanol–water partition coefficient (Wildman–Crippen LogP) is 4.97. The highest BCUT2D eigenvalue weighted by molar-refractivity contribution is 7.99. The smallest absolute Gasteiger partial charge is 0.227 e. The van der Waals surface area contributed by atoms with E-state index in [4.69, 9.17) is 22.1 Å². The maximum absolute atomic E-state index is 8.96. The Morgan fingerprint density at radius 3 is 1.76 bits per heavy atom. The Morgan fingerprint density at radius 2 is 1.30 bits per heavy atom. The summed E-state index contributed by atoms with van der Waals surface area (Å²) in [7, 11) is 0. The summed E-state index contributed by atoms with van der Waals surface area (Å²) in [5, 5.41) is 24.0. The lowest BCUT2D eigenvalue weighted by Crippen LogP contribution is -2.06. The molecule has 160 valence electrons. The van der Waals surface area contributed by atoms with Crippen molar-refractivity contribution in [3.05, 3.63) is 82.6 Å². The second kappa shape index (κ2) is 10.7. The minimum absolute atomic E-state index is 0.396. The van der Waals surface area contributed by atoms with Gasteiger partial charge in [-0.15, -0.1) is 0 Å². The molecular formula is C22H13ClN8S2. The van der Waals surface area contributed by atoms with Gasteiger partial charge in [-0.2, -0.15) is 25.5 Å². The molecule has 0 aliphatic carbocycles. The van der Waals surface area contributed by atoms with E-state index in [1.165, 1.54) is 35.9 Å². The third-order valence-corrected chi connectivity index (χ3v) is 5.96. The van der Waals surface area contributed by atoms with Crippen LogP contribution in [0.2, 0.25) is 5.02 Å². The number of aromatic nitrogens is 5. The van der Waals surface area contributed by atoms with Crippen LogP contribution in [0.25, 0.3) is 0 Å². The van der Waals surface area contributed by atoms with Crippen LogP contribution in [-0.4, -0.2) is 24.9 Å². The summed E-state index contributed by atoms with van der Waals surface area (Å²) in [5.41, 5.74) is 1.97. The Hall–Kier alpha value is -3.70. The first-order valence-electron chi connectivity index (χ1n) is 9.44. The monoisotopic (exact) mass is 488 g/mol. The van der Waals surface area contributed by atoms with Gasteiger partial charge in [0, 0.05) is 24.0 Å². The lowest BCUT2D eigenvalue weighted by Gasteiger charge is -2.09. The van der Waals surface area contributed by atoms with Gasteiger partial charge in [0.15, 0.2) is 10.3 Å². The third-order valence-electron chi connectivity index (χ3n) is 4.08. The molecule has 4 aromatic rings. The van der Waals surface area contributed by atoms with Crippen LogP contribution in [0.5, 0.6) is 0 Å². The number of rotatable bonds is 7. The van der Waals surface area contributed by atoms with E-state index in [9.17, 15) is 0 Å². The van der Waals surface area contributed by atoms with Gasteiger partial charge in [-0.25, -0.2) is 9.97 Å². The Bertz CT molecular complexity index is 1250. The second-order valence-corrected chi connectivity index (χ2v) is 8.81. The van der Waals surface area contributed by atoms with Crippen LogP contribution < -0.4 is 5.32 Å². The van der Waals surface area contributed by atoms with E-state index in [2.05, 4.69) is 30.2 Å². The van der Waals surface area contributed by atoms with Crippen molar-refractivity contribution in [3.63, 3.8) is 0 Å². The fourth-order valence-corrected chi connectivity index (χ4v) is 4.06. The number of hydrogen-bond donors (Lipinski definition) is 1. The van der Waals surface area contributed by atoms with Crippen molar-refractivity contribution in [1.82, 2.24) is 24.9 Å². The van der Waals surface area contributed by atoms with Crippen molar-refractivity contribution in [2.45, 2.75) is 26.9 Å². The van der Waals surface area contributed by atoms with Crippen LogP contribution in [0.3, 0.4) is 0 Å². The van der Waals surface area contributed by atoms with Crippen LogP contribution in [0.4, 0.5) is 5.95 Å². The molecule has 33 heavy (non-hydrogen) atoms. The van der Waals surface area contributed by atoms with E-state index >= 15 is 0 Å².